The van der Waals surface area contributed by atoms with Crippen LogP contribution >= 0.6 is 0 Å². The summed E-state index contributed by atoms with van der Waals surface area (Å²) in [4.78, 5) is 4.93. The van der Waals surface area contributed by atoms with Crippen molar-refractivity contribution in [3.63, 3.8) is 0 Å². The van der Waals surface area contributed by atoms with Crippen LogP contribution in [0.25, 0.3) is 44.8 Å². The molecule has 0 aliphatic heterocycles. The van der Waals surface area contributed by atoms with Gasteiger partial charge in [-0.1, -0.05) is 78.9 Å². The molecule has 0 spiro atoms. The van der Waals surface area contributed by atoms with Crippen molar-refractivity contribution in [1.29, 1.82) is 0 Å². The average Bonchev–Trinajstić information content (AvgIpc) is 3.11. The molecular formula is C26H19NO. The Balaban J connectivity index is 1.60. The Kier molecular flexibility index (Phi) is 4.02. The predicted molar refractivity (Wildman–Crippen MR) is 115 cm³/mol. The number of benzene rings is 3. The summed E-state index contributed by atoms with van der Waals surface area (Å²) in [6.45, 7) is 2.07. The molecule has 0 unspecified atom stereocenters. The highest BCUT2D eigenvalue weighted by Crippen LogP contribution is 2.34. The van der Waals surface area contributed by atoms with Gasteiger partial charge in [-0.2, -0.15) is 0 Å². The molecule has 28 heavy (non-hydrogen) atoms. The van der Waals surface area contributed by atoms with Crippen molar-refractivity contribution in [3.05, 3.63) is 103 Å². The molecule has 134 valence electrons. The predicted octanol–water partition coefficient (Wildman–Crippen LogP) is 7.14. The quantitative estimate of drug-likeness (QED) is 0.341. The normalized spacial score (nSPS) is 11.0. The van der Waals surface area contributed by atoms with Crippen molar-refractivity contribution in [2.45, 2.75) is 6.92 Å². The summed E-state index contributed by atoms with van der Waals surface area (Å²) in [5.74, 6) is 0.887. The Morgan fingerprint density at radius 1 is 0.607 bits per heavy atom. The second kappa shape index (κ2) is 6.82. The van der Waals surface area contributed by atoms with Crippen LogP contribution in [-0.2, 0) is 0 Å². The summed E-state index contributed by atoms with van der Waals surface area (Å²) in [5.41, 5.74) is 8.33. The minimum Gasteiger partial charge on any atom is -0.454 e. The van der Waals surface area contributed by atoms with Gasteiger partial charge in [0, 0.05) is 16.7 Å². The third kappa shape index (κ3) is 2.89. The Morgan fingerprint density at radius 2 is 1.25 bits per heavy atom. The van der Waals surface area contributed by atoms with Gasteiger partial charge in [-0.15, -0.1) is 0 Å². The largest absolute Gasteiger partial charge is 0.454 e. The van der Waals surface area contributed by atoms with E-state index in [1.807, 2.05) is 36.4 Å². The zero-order valence-corrected chi connectivity index (χ0v) is 15.6. The molecule has 0 saturated carbocycles. The van der Waals surface area contributed by atoms with Crippen LogP contribution in [0.3, 0.4) is 0 Å². The molecule has 5 aromatic rings. The lowest BCUT2D eigenvalue weighted by atomic mass is 10.0. The monoisotopic (exact) mass is 361 g/mol. The molecule has 2 heterocycles. The molecular weight excluding hydrogens is 342 g/mol. The van der Waals surface area contributed by atoms with Crippen LogP contribution in [0.1, 0.15) is 5.56 Å². The van der Waals surface area contributed by atoms with Crippen molar-refractivity contribution in [1.82, 2.24) is 4.98 Å². The summed E-state index contributed by atoms with van der Waals surface area (Å²) in [7, 11) is 0. The average molecular weight is 361 g/mol. The van der Waals surface area contributed by atoms with Crippen LogP contribution in [0.2, 0.25) is 0 Å². The summed E-state index contributed by atoms with van der Waals surface area (Å²) in [5, 5.41) is 0. The lowest BCUT2D eigenvalue weighted by molar-refractivity contribution is 0.629. The van der Waals surface area contributed by atoms with Crippen LogP contribution in [0.4, 0.5) is 0 Å². The van der Waals surface area contributed by atoms with E-state index >= 15 is 0 Å². The molecule has 0 N–H and O–H groups in total. The van der Waals surface area contributed by atoms with Crippen LogP contribution in [-0.4, -0.2) is 4.98 Å². The maximum atomic E-state index is 6.11. The molecule has 0 radical (unpaired) electrons. The molecule has 0 aliphatic carbocycles. The van der Waals surface area contributed by atoms with Gasteiger partial charge in [0.1, 0.15) is 11.3 Å². The standard InChI is InChI=1S/C26H19NO/c1-18-25-24(28-26(18)20-11-6-3-7-12-20)16-15-23(27-25)22-14-8-13-21(17-22)19-9-4-2-5-10-19/h2-17H,1H3. The van der Waals surface area contributed by atoms with E-state index in [1.165, 1.54) is 11.1 Å². The lowest BCUT2D eigenvalue weighted by Crippen LogP contribution is -1.86. The highest BCUT2D eigenvalue weighted by Gasteiger charge is 2.14. The number of hydrogen-bond donors (Lipinski definition) is 0. The summed E-state index contributed by atoms with van der Waals surface area (Å²) < 4.78 is 6.11. The van der Waals surface area contributed by atoms with Gasteiger partial charge in [0.05, 0.1) is 5.69 Å². The first-order valence-corrected chi connectivity index (χ1v) is 9.41. The fraction of sp³-hybridized carbons (Fsp3) is 0.0385. The first-order chi connectivity index (χ1) is 13.8. The molecule has 0 saturated heterocycles. The van der Waals surface area contributed by atoms with Crippen LogP contribution in [0.5, 0.6) is 0 Å². The van der Waals surface area contributed by atoms with Crippen LogP contribution in [0.15, 0.2) is 101 Å². The summed E-state index contributed by atoms with van der Waals surface area (Å²) in [6, 6.07) is 33.2. The van der Waals surface area contributed by atoms with Crippen molar-refractivity contribution in [2.24, 2.45) is 0 Å². The Labute approximate surface area is 164 Å². The number of aryl methyl sites for hydroxylation is 1. The van der Waals surface area contributed by atoms with Gasteiger partial charge in [0.25, 0.3) is 0 Å². The topological polar surface area (TPSA) is 26.0 Å². The fourth-order valence-electron chi connectivity index (χ4n) is 3.61. The van der Waals surface area contributed by atoms with Gasteiger partial charge in [0.2, 0.25) is 0 Å². The van der Waals surface area contributed by atoms with E-state index in [9.17, 15) is 0 Å². The third-order valence-electron chi connectivity index (χ3n) is 5.07. The molecule has 2 nitrogen and oxygen atoms in total. The molecule has 0 amide bonds. The van der Waals surface area contributed by atoms with Crippen LogP contribution < -0.4 is 0 Å². The highest BCUT2D eigenvalue weighted by molar-refractivity contribution is 5.86. The minimum absolute atomic E-state index is 0.819. The smallest absolute Gasteiger partial charge is 0.153 e. The second-order valence-electron chi connectivity index (χ2n) is 6.91. The van der Waals surface area contributed by atoms with Gasteiger partial charge in [0.15, 0.2) is 5.58 Å². The van der Waals surface area contributed by atoms with Crippen molar-refractivity contribution < 1.29 is 4.42 Å². The number of fused-ring (bicyclic) bond motifs is 1. The molecule has 0 atom stereocenters. The van der Waals surface area contributed by atoms with E-state index in [4.69, 9.17) is 9.40 Å². The van der Waals surface area contributed by atoms with Gasteiger partial charge in [-0.25, -0.2) is 4.98 Å². The van der Waals surface area contributed by atoms with E-state index in [1.54, 1.807) is 0 Å². The maximum Gasteiger partial charge on any atom is 0.153 e. The molecule has 0 bridgehead atoms. The number of rotatable bonds is 3. The Bertz CT molecular complexity index is 1250. The third-order valence-corrected chi connectivity index (χ3v) is 5.07. The van der Waals surface area contributed by atoms with E-state index < -0.39 is 0 Å². The van der Waals surface area contributed by atoms with Crippen molar-refractivity contribution in [2.75, 3.05) is 0 Å². The second-order valence-corrected chi connectivity index (χ2v) is 6.91. The number of pyridine rings is 1. The molecule has 0 fully saturated rings. The molecule has 0 aliphatic rings. The number of furan rings is 1. The summed E-state index contributed by atoms with van der Waals surface area (Å²) in [6.07, 6.45) is 0. The lowest BCUT2D eigenvalue weighted by Gasteiger charge is -2.05. The molecule has 2 heteroatoms. The van der Waals surface area contributed by atoms with E-state index in [-0.39, 0.29) is 0 Å². The van der Waals surface area contributed by atoms with Crippen molar-refractivity contribution in [3.8, 4) is 33.7 Å². The molecule has 3 aromatic carbocycles. The van der Waals surface area contributed by atoms with Crippen molar-refractivity contribution >= 4 is 11.1 Å². The summed E-state index contributed by atoms with van der Waals surface area (Å²) >= 11 is 0. The molecule has 5 rings (SSSR count). The van der Waals surface area contributed by atoms with Gasteiger partial charge < -0.3 is 4.42 Å². The first kappa shape index (κ1) is 16.5. The van der Waals surface area contributed by atoms with Gasteiger partial charge >= 0.3 is 0 Å². The number of hydrogen-bond acceptors (Lipinski definition) is 2. The van der Waals surface area contributed by atoms with E-state index in [0.717, 1.165) is 39.2 Å². The fourth-order valence-corrected chi connectivity index (χ4v) is 3.61. The maximum absolute atomic E-state index is 6.11. The zero-order chi connectivity index (χ0) is 18.9. The molecule has 2 aromatic heterocycles. The Morgan fingerprint density at radius 3 is 2.00 bits per heavy atom. The van der Waals surface area contributed by atoms with Gasteiger partial charge in [-0.05, 0) is 36.2 Å². The highest BCUT2D eigenvalue weighted by atomic mass is 16.3. The van der Waals surface area contributed by atoms with E-state index in [2.05, 4.69) is 67.6 Å². The minimum atomic E-state index is 0.819. The number of aromatic nitrogens is 1. The first-order valence-electron chi connectivity index (χ1n) is 9.41. The number of nitrogens with zero attached hydrogens (tertiary/aromatic N) is 1. The van der Waals surface area contributed by atoms with Crippen LogP contribution in [0, 0.1) is 6.92 Å². The van der Waals surface area contributed by atoms with Gasteiger partial charge in [-0.3, -0.25) is 0 Å². The Hall–Kier alpha value is -3.65. The zero-order valence-electron chi connectivity index (χ0n) is 15.6. The SMILES string of the molecule is Cc1c(-c2ccccc2)oc2ccc(-c3cccc(-c4ccccc4)c3)nc12. The van der Waals surface area contributed by atoms with E-state index in [0.29, 0.717) is 0 Å².